The molecule has 196 valence electrons. The summed E-state index contributed by atoms with van der Waals surface area (Å²) in [5, 5.41) is 2.98. The summed E-state index contributed by atoms with van der Waals surface area (Å²) < 4.78 is 23.3. The fourth-order valence-electron chi connectivity index (χ4n) is 3.54. The van der Waals surface area contributed by atoms with Crippen LogP contribution in [0.15, 0.2) is 48.5 Å². The number of hydrogen-bond donors (Lipinski definition) is 3. The second-order valence-electron chi connectivity index (χ2n) is 8.92. The molecule has 3 aromatic rings. The van der Waals surface area contributed by atoms with Crippen LogP contribution in [-0.4, -0.2) is 34.2 Å². The van der Waals surface area contributed by atoms with Gasteiger partial charge in [-0.2, -0.15) is 4.37 Å². The molecule has 0 fully saturated rings. The largest absolute Gasteiger partial charge is 0.494 e. The van der Waals surface area contributed by atoms with E-state index in [1.165, 1.54) is 29.2 Å². The molecule has 11 heteroatoms. The van der Waals surface area contributed by atoms with Crippen LogP contribution in [0.5, 0.6) is 5.75 Å². The van der Waals surface area contributed by atoms with Gasteiger partial charge in [0.25, 0.3) is 11.8 Å². The van der Waals surface area contributed by atoms with Gasteiger partial charge in [0.1, 0.15) is 22.5 Å². The van der Waals surface area contributed by atoms with E-state index in [0.29, 0.717) is 41.6 Å². The summed E-state index contributed by atoms with van der Waals surface area (Å²) >= 11 is 0.708. The van der Waals surface area contributed by atoms with E-state index in [9.17, 15) is 18.8 Å². The minimum atomic E-state index is -1.21. The Morgan fingerprint density at radius 2 is 1.73 bits per heavy atom. The zero-order valence-corrected chi connectivity index (χ0v) is 21.9. The molecule has 5 N–H and O–H groups in total. The standard InChI is InChI=1S/C26H30FN5O4S/c1-5-26(3,4)30-24(34)21(15-7-9-16(27)10-8-15)32(17-11-13-18(14-12-17)36-6-2)25(35)22-19(28)20(23(29)33)31-37-22/h7-14,21H,5-6,28H2,1-4H3,(H2,29,33)(H,30,34)/t21-/m0/s1. The molecule has 0 bridgehead atoms. The lowest BCUT2D eigenvalue weighted by atomic mass is 9.98. The summed E-state index contributed by atoms with van der Waals surface area (Å²) in [4.78, 5) is 40.7. The average molecular weight is 528 g/mol. The zero-order chi connectivity index (χ0) is 27.3. The molecule has 1 atom stereocenters. The highest BCUT2D eigenvalue weighted by molar-refractivity contribution is 7.09. The summed E-state index contributed by atoms with van der Waals surface area (Å²) in [5.74, 6) is -1.96. The second-order valence-corrected chi connectivity index (χ2v) is 9.69. The molecule has 0 saturated heterocycles. The van der Waals surface area contributed by atoms with Crippen molar-refractivity contribution in [2.24, 2.45) is 5.73 Å². The van der Waals surface area contributed by atoms with Crippen LogP contribution in [0.4, 0.5) is 15.8 Å². The maximum absolute atomic E-state index is 14.0. The zero-order valence-electron chi connectivity index (χ0n) is 21.1. The number of halogens is 1. The summed E-state index contributed by atoms with van der Waals surface area (Å²) in [5.41, 5.74) is 11.1. The predicted octanol–water partition coefficient (Wildman–Crippen LogP) is 4.05. The minimum absolute atomic E-state index is 0.0580. The highest BCUT2D eigenvalue weighted by Crippen LogP contribution is 2.34. The third-order valence-electron chi connectivity index (χ3n) is 5.84. The first-order valence-electron chi connectivity index (χ1n) is 11.7. The third-order valence-corrected chi connectivity index (χ3v) is 6.69. The molecule has 1 aromatic heterocycles. The van der Waals surface area contributed by atoms with Gasteiger partial charge >= 0.3 is 0 Å². The van der Waals surface area contributed by atoms with Crippen molar-refractivity contribution in [1.29, 1.82) is 0 Å². The Hall–Kier alpha value is -3.99. The van der Waals surface area contributed by atoms with Crippen LogP contribution >= 0.6 is 11.5 Å². The number of carbonyl (C=O) groups is 3. The van der Waals surface area contributed by atoms with Crippen LogP contribution in [0.1, 0.15) is 65.9 Å². The van der Waals surface area contributed by atoms with Crippen LogP contribution in [0, 0.1) is 5.82 Å². The van der Waals surface area contributed by atoms with E-state index in [4.69, 9.17) is 16.2 Å². The molecule has 0 radical (unpaired) electrons. The van der Waals surface area contributed by atoms with Crippen LogP contribution < -0.4 is 26.4 Å². The van der Waals surface area contributed by atoms with Crippen LogP contribution in [-0.2, 0) is 4.79 Å². The Balaban J connectivity index is 2.22. The first-order valence-corrected chi connectivity index (χ1v) is 12.4. The molecule has 3 amide bonds. The second kappa shape index (κ2) is 11.4. The van der Waals surface area contributed by atoms with Crippen molar-refractivity contribution in [3.63, 3.8) is 0 Å². The van der Waals surface area contributed by atoms with Crippen LogP contribution in [0.25, 0.3) is 0 Å². The third kappa shape index (κ3) is 6.23. The Morgan fingerprint density at radius 3 is 2.24 bits per heavy atom. The molecule has 3 rings (SSSR count). The molecule has 0 aliphatic rings. The van der Waals surface area contributed by atoms with Crippen molar-refractivity contribution in [2.45, 2.75) is 45.7 Å². The molecule has 0 aliphatic heterocycles. The monoisotopic (exact) mass is 527 g/mol. The molecule has 1 heterocycles. The molecule has 2 aromatic carbocycles. The topological polar surface area (TPSA) is 141 Å². The lowest BCUT2D eigenvalue weighted by Crippen LogP contribution is -2.50. The highest BCUT2D eigenvalue weighted by Gasteiger charge is 2.37. The predicted molar refractivity (Wildman–Crippen MR) is 141 cm³/mol. The van der Waals surface area contributed by atoms with E-state index in [2.05, 4.69) is 9.69 Å². The average Bonchev–Trinajstić information content (AvgIpc) is 3.25. The summed E-state index contributed by atoms with van der Waals surface area (Å²) in [6, 6.07) is 10.7. The van der Waals surface area contributed by atoms with Crippen molar-refractivity contribution in [1.82, 2.24) is 9.69 Å². The van der Waals surface area contributed by atoms with Crippen LogP contribution in [0.3, 0.4) is 0 Å². The van der Waals surface area contributed by atoms with Gasteiger partial charge < -0.3 is 21.5 Å². The molecular weight excluding hydrogens is 497 g/mol. The summed E-state index contributed by atoms with van der Waals surface area (Å²) in [7, 11) is 0. The number of benzene rings is 2. The lowest BCUT2D eigenvalue weighted by Gasteiger charge is -2.34. The van der Waals surface area contributed by atoms with Crippen molar-refractivity contribution in [2.75, 3.05) is 17.2 Å². The Labute approximate surface area is 218 Å². The molecule has 37 heavy (non-hydrogen) atoms. The van der Waals surface area contributed by atoms with Gasteiger partial charge in [0, 0.05) is 11.2 Å². The normalized spacial score (nSPS) is 12.0. The quantitative estimate of drug-likeness (QED) is 0.363. The number of hydrogen-bond acceptors (Lipinski definition) is 7. The van der Waals surface area contributed by atoms with Gasteiger partial charge in [-0.3, -0.25) is 19.3 Å². The highest BCUT2D eigenvalue weighted by atomic mass is 32.1. The summed E-state index contributed by atoms with van der Waals surface area (Å²) in [6.07, 6.45) is 0.621. The number of carbonyl (C=O) groups excluding carboxylic acids is 3. The molecule has 9 nitrogen and oxygen atoms in total. The minimum Gasteiger partial charge on any atom is -0.494 e. The fourth-order valence-corrected chi connectivity index (χ4v) is 4.29. The van der Waals surface area contributed by atoms with Gasteiger partial charge in [-0.25, -0.2) is 4.39 Å². The number of anilines is 2. The number of nitrogens with two attached hydrogens (primary N) is 2. The van der Waals surface area contributed by atoms with Gasteiger partial charge in [-0.05, 0) is 80.7 Å². The molecular formula is C26H30FN5O4S. The molecule has 0 spiro atoms. The van der Waals surface area contributed by atoms with Gasteiger partial charge in [-0.15, -0.1) is 0 Å². The van der Waals surface area contributed by atoms with E-state index in [0.717, 1.165) is 0 Å². The van der Waals surface area contributed by atoms with Crippen molar-refractivity contribution in [3.05, 3.63) is 70.5 Å². The maximum Gasteiger partial charge on any atom is 0.273 e. The first-order chi connectivity index (χ1) is 17.5. The molecule has 0 unspecified atom stereocenters. The lowest BCUT2D eigenvalue weighted by molar-refractivity contribution is -0.124. The van der Waals surface area contributed by atoms with Crippen LogP contribution in [0.2, 0.25) is 0 Å². The molecule has 0 aliphatic carbocycles. The smallest absolute Gasteiger partial charge is 0.273 e. The van der Waals surface area contributed by atoms with Gasteiger partial charge in [0.2, 0.25) is 5.91 Å². The van der Waals surface area contributed by atoms with E-state index in [1.54, 1.807) is 24.3 Å². The SMILES string of the molecule is CCOc1ccc(N(C(=O)c2snc(C(N)=O)c2N)[C@H](C(=O)NC(C)(C)CC)c2ccc(F)cc2)cc1. The molecule has 0 saturated carbocycles. The number of aromatic nitrogens is 1. The van der Waals surface area contributed by atoms with E-state index in [1.807, 2.05) is 27.7 Å². The number of rotatable bonds is 10. The number of nitrogen functional groups attached to an aromatic ring is 1. The van der Waals surface area contributed by atoms with E-state index >= 15 is 0 Å². The van der Waals surface area contributed by atoms with Gasteiger partial charge in [-0.1, -0.05) is 19.1 Å². The van der Waals surface area contributed by atoms with E-state index < -0.39 is 35.1 Å². The summed E-state index contributed by atoms with van der Waals surface area (Å²) in [6.45, 7) is 7.93. The van der Waals surface area contributed by atoms with Crippen molar-refractivity contribution in [3.8, 4) is 5.75 Å². The van der Waals surface area contributed by atoms with Gasteiger partial charge in [0.05, 0.1) is 12.3 Å². The Morgan fingerprint density at radius 1 is 1.11 bits per heavy atom. The first kappa shape index (κ1) is 27.6. The fraction of sp³-hybridized carbons (Fsp3) is 0.308. The Kier molecular flexibility index (Phi) is 8.49. The number of ether oxygens (including phenoxy) is 1. The number of primary amides is 1. The van der Waals surface area contributed by atoms with Gasteiger partial charge in [0.15, 0.2) is 5.69 Å². The van der Waals surface area contributed by atoms with Crippen molar-refractivity contribution < 1.29 is 23.5 Å². The number of nitrogens with one attached hydrogen (secondary N) is 1. The number of amides is 3. The van der Waals surface area contributed by atoms with E-state index in [-0.39, 0.29) is 16.3 Å². The maximum atomic E-state index is 14.0. The number of nitrogens with zero attached hydrogens (tertiary/aromatic N) is 2. The Bertz CT molecular complexity index is 1280. The van der Waals surface area contributed by atoms with Crippen molar-refractivity contribution >= 4 is 40.6 Å².